The Balaban J connectivity index is 2.02. The fourth-order valence-corrected chi connectivity index (χ4v) is 2.62. The molecule has 1 amide bonds. The maximum absolute atomic E-state index is 13.9. The minimum atomic E-state index is -0.688. The molecule has 3 rings (SSSR count). The van der Waals surface area contributed by atoms with Gasteiger partial charge in [-0.25, -0.2) is 4.39 Å². The first kappa shape index (κ1) is 12.8. The molecule has 2 atom stereocenters. The lowest BCUT2D eigenvalue weighted by Gasteiger charge is -2.45. The summed E-state index contributed by atoms with van der Waals surface area (Å²) in [5.41, 5.74) is 8.13. The number of nitrogens with zero attached hydrogens (tertiary/aromatic N) is 1. The second kappa shape index (κ2) is 4.72. The summed E-state index contributed by atoms with van der Waals surface area (Å²) in [4.78, 5) is 13.6. The molecule has 1 saturated heterocycles. The number of halogens is 1. The minimum Gasteiger partial charge on any atom is -0.318 e. The van der Waals surface area contributed by atoms with Gasteiger partial charge in [-0.2, -0.15) is 0 Å². The van der Waals surface area contributed by atoms with E-state index in [0.717, 1.165) is 11.3 Å². The van der Waals surface area contributed by atoms with Gasteiger partial charge in [0.05, 0.1) is 6.04 Å². The molecule has 0 radical (unpaired) electrons. The molecule has 0 unspecified atom stereocenters. The van der Waals surface area contributed by atoms with Crippen molar-refractivity contribution in [2.45, 2.75) is 19.0 Å². The smallest absolute Gasteiger partial charge is 0.247 e. The molecule has 1 aliphatic heterocycles. The van der Waals surface area contributed by atoms with Crippen molar-refractivity contribution in [3.8, 4) is 0 Å². The summed E-state index contributed by atoms with van der Waals surface area (Å²) in [7, 11) is 0. The Morgan fingerprint density at radius 1 is 1.15 bits per heavy atom. The summed E-state index contributed by atoms with van der Waals surface area (Å²) < 4.78 is 13.9. The van der Waals surface area contributed by atoms with Crippen molar-refractivity contribution >= 4 is 11.6 Å². The van der Waals surface area contributed by atoms with E-state index in [0.29, 0.717) is 5.56 Å². The molecule has 102 valence electrons. The average molecular weight is 270 g/mol. The summed E-state index contributed by atoms with van der Waals surface area (Å²) in [6.07, 6.45) is 0. The average Bonchev–Trinajstić information content (AvgIpc) is 2.45. The normalized spacial score (nSPS) is 21.8. The van der Waals surface area contributed by atoms with Gasteiger partial charge in [-0.1, -0.05) is 30.3 Å². The third-order valence-corrected chi connectivity index (χ3v) is 3.64. The SMILES string of the molecule is Cc1cccc(N2C(=O)[C@@H](N)[C@@H]2c2ccccc2F)c1. The van der Waals surface area contributed by atoms with Crippen molar-refractivity contribution < 1.29 is 9.18 Å². The number of hydrogen-bond acceptors (Lipinski definition) is 2. The number of rotatable bonds is 2. The first-order valence-corrected chi connectivity index (χ1v) is 6.49. The number of β-lactam (4-membered cyclic amide) rings is 1. The predicted octanol–water partition coefficient (Wildman–Crippen LogP) is 2.55. The standard InChI is InChI=1S/C16H15FN2O/c1-10-5-4-6-11(9-10)19-15(14(18)16(19)20)12-7-2-3-8-13(12)17/h2-9,14-15H,18H2,1H3/t14-,15-/m0/s1. The summed E-state index contributed by atoms with van der Waals surface area (Å²) in [6.45, 7) is 1.95. The number of carbonyl (C=O) groups is 1. The number of carbonyl (C=O) groups excluding carboxylic acids is 1. The van der Waals surface area contributed by atoms with E-state index in [4.69, 9.17) is 5.73 Å². The highest BCUT2D eigenvalue weighted by molar-refractivity contribution is 6.05. The van der Waals surface area contributed by atoms with Crippen LogP contribution >= 0.6 is 0 Å². The Kier molecular flexibility index (Phi) is 3.03. The number of nitrogens with two attached hydrogens (primary N) is 1. The summed E-state index contributed by atoms with van der Waals surface area (Å²) in [5.74, 6) is -0.512. The molecule has 20 heavy (non-hydrogen) atoms. The number of hydrogen-bond donors (Lipinski definition) is 1. The Labute approximate surface area is 116 Å². The van der Waals surface area contributed by atoms with Gasteiger partial charge in [0.15, 0.2) is 0 Å². The second-order valence-electron chi connectivity index (χ2n) is 5.04. The molecule has 2 aromatic carbocycles. The van der Waals surface area contributed by atoms with Crippen molar-refractivity contribution in [3.05, 3.63) is 65.5 Å². The maximum Gasteiger partial charge on any atom is 0.247 e. The molecular formula is C16H15FN2O. The van der Waals surface area contributed by atoms with Crippen LogP contribution in [-0.2, 0) is 4.79 Å². The van der Waals surface area contributed by atoms with Gasteiger partial charge >= 0.3 is 0 Å². The van der Waals surface area contributed by atoms with Crippen LogP contribution in [0.15, 0.2) is 48.5 Å². The summed E-state index contributed by atoms with van der Waals surface area (Å²) >= 11 is 0. The molecule has 0 spiro atoms. The maximum atomic E-state index is 13.9. The predicted molar refractivity (Wildman–Crippen MR) is 75.8 cm³/mol. The quantitative estimate of drug-likeness (QED) is 0.852. The first-order valence-electron chi connectivity index (χ1n) is 6.49. The van der Waals surface area contributed by atoms with E-state index < -0.39 is 12.1 Å². The number of anilines is 1. The van der Waals surface area contributed by atoms with Gasteiger partial charge in [0, 0.05) is 11.3 Å². The molecular weight excluding hydrogens is 255 g/mol. The molecule has 2 aromatic rings. The highest BCUT2D eigenvalue weighted by Gasteiger charge is 2.47. The van der Waals surface area contributed by atoms with Crippen molar-refractivity contribution in [2.75, 3.05) is 4.90 Å². The summed E-state index contributed by atoms with van der Waals surface area (Å²) in [5, 5.41) is 0. The highest BCUT2D eigenvalue weighted by Crippen LogP contribution is 2.39. The van der Waals surface area contributed by atoms with E-state index in [1.54, 1.807) is 23.1 Å². The molecule has 2 N–H and O–H groups in total. The van der Waals surface area contributed by atoms with Gasteiger partial charge < -0.3 is 10.6 Å². The van der Waals surface area contributed by atoms with Crippen molar-refractivity contribution in [2.24, 2.45) is 5.73 Å². The molecule has 0 aliphatic carbocycles. The molecule has 1 fully saturated rings. The lowest BCUT2D eigenvalue weighted by Crippen LogP contribution is -2.63. The van der Waals surface area contributed by atoms with Gasteiger partial charge in [0.2, 0.25) is 5.91 Å². The Morgan fingerprint density at radius 2 is 1.90 bits per heavy atom. The van der Waals surface area contributed by atoms with Crippen LogP contribution < -0.4 is 10.6 Å². The van der Waals surface area contributed by atoms with E-state index in [2.05, 4.69) is 0 Å². The van der Waals surface area contributed by atoms with Crippen LogP contribution in [0.1, 0.15) is 17.2 Å². The number of benzene rings is 2. The van der Waals surface area contributed by atoms with Gasteiger partial charge in [0.25, 0.3) is 0 Å². The van der Waals surface area contributed by atoms with Crippen LogP contribution in [0.25, 0.3) is 0 Å². The first-order chi connectivity index (χ1) is 9.59. The number of aryl methyl sites for hydroxylation is 1. The van der Waals surface area contributed by atoms with E-state index in [1.165, 1.54) is 6.07 Å². The van der Waals surface area contributed by atoms with Crippen LogP contribution in [0.4, 0.5) is 10.1 Å². The van der Waals surface area contributed by atoms with Gasteiger partial charge in [-0.15, -0.1) is 0 Å². The lowest BCUT2D eigenvalue weighted by atomic mass is 9.88. The minimum absolute atomic E-state index is 0.177. The topological polar surface area (TPSA) is 46.3 Å². The van der Waals surface area contributed by atoms with E-state index in [9.17, 15) is 9.18 Å². The third kappa shape index (κ3) is 1.89. The largest absolute Gasteiger partial charge is 0.318 e. The van der Waals surface area contributed by atoms with E-state index in [-0.39, 0.29) is 11.7 Å². The molecule has 1 heterocycles. The zero-order chi connectivity index (χ0) is 14.3. The number of amides is 1. The van der Waals surface area contributed by atoms with Crippen LogP contribution in [0.5, 0.6) is 0 Å². The molecule has 0 saturated carbocycles. The van der Waals surface area contributed by atoms with E-state index in [1.807, 2.05) is 31.2 Å². The molecule has 4 heteroatoms. The van der Waals surface area contributed by atoms with Gasteiger partial charge in [-0.05, 0) is 30.7 Å². The highest BCUT2D eigenvalue weighted by atomic mass is 19.1. The zero-order valence-corrected chi connectivity index (χ0v) is 11.1. The second-order valence-corrected chi connectivity index (χ2v) is 5.04. The van der Waals surface area contributed by atoms with Gasteiger partial charge in [0.1, 0.15) is 11.9 Å². The van der Waals surface area contributed by atoms with Gasteiger partial charge in [-0.3, -0.25) is 4.79 Å². The zero-order valence-electron chi connectivity index (χ0n) is 11.1. The molecule has 3 nitrogen and oxygen atoms in total. The Morgan fingerprint density at radius 3 is 2.60 bits per heavy atom. The Bertz CT molecular complexity index is 671. The van der Waals surface area contributed by atoms with Crippen LogP contribution in [0.2, 0.25) is 0 Å². The van der Waals surface area contributed by atoms with Crippen LogP contribution in [0, 0.1) is 12.7 Å². The van der Waals surface area contributed by atoms with Crippen molar-refractivity contribution in [1.82, 2.24) is 0 Å². The summed E-state index contributed by atoms with van der Waals surface area (Å²) in [6, 6.07) is 12.9. The molecule has 0 aromatic heterocycles. The van der Waals surface area contributed by atoms with Crippen molar-refractivity contribution in [1.29, 1.82) is 0 Å². The third-order valence-electron chi connectivity index (χ3n) is 3.64. The molecule has 1 aliphatic rings. The van der Waals surface area contributed by atoms with Crippen LogP contribution in [0.3, 0.4) is 0 Å². The Hall–Kier alpha value is -2.20. The lowest BCUT2D eigenvalue weighted by molar-refractivity contribution is -0.126. The van der Waals surface area contributed by atoms with Crippen molar-refractivity contribution in [3.63, 3.8) is 0 Å². The van der Waals surface area contributed by atoms with Crippen LogP contribution in [-0.4, -0.2) is 11.9 Å². The fourth-order valence-electron chi connectivity index (χ4n) is 2.62. The fraction of sp³-hybridized carbons (Fsp3) is 0.188. The monoisotopic (exact) mass is 270 g/mol. The van der Waals surface area contributed by atoms with E-state index >= 15 is 0 Å². The molecule has 0 bridgehead atoms.